The quantitative estimate of drug-likeness (QED) is 0.552. The fraction of sp³-hybridized carbons (Fsp3) is 0.167. The number of carbonyl (C=O) groups excluding carboxylic acids is 2. The van der Waals surface area contributed by atoms with E-state index in [0.29, 0.717) is 27.2 Å². The topological polar surface area (TPSA) is 79.8 Å². The molecule has 0 saturated carbocycles. The van der Waals surface area contributed by atoms with Gasteiger partial charge in [-0.05, 0) is 37.3 Å². The normalized spacial score (nSPS) is 11.0. The van der Waals surface area contributed by atoms with E-state index >= 15 is 0 Å². The Morgan fingerprint density at radius 1 is 1.08 bits per heavy atom. The number of nitrogens with one attached hydrogen (secondary N) is 2. The van der Waals surface area contributed by atoms with Gasteiger partial charge in [0.15, 0.2) is 6.61 Å². The molecule has 0 aromatic heterocycles. The predicted molar refractivity (Wildman–Crippen MR) is 103 cm³/mol. The molecule has 2 amide bonds. The number of nitrogens with zero attached hydrogens (tertiary/aromatic N) is 1. The van der Waals surface area contributed by atoms with Crippen LogP contribution in [0, 0.1) is 0 Å². The maximum absolute atomic E-state index is 11.9. The van der Waals surface area contributed by atoms with Crippen LogP contribution in [-0.2, 0) is 9.59 Å². The van der Waals surface area contributed by atoms with Crippen molar-refractivity contribution in [3.63, 3.8) is 0 Å². The highest BCUT2D eigenvalue weighted by Gasteiger charge is 2.08. The highest BCUT2D eigenvalue weighted by atomic mass is 35.5. The molecule has 0 aliphatic rings. The predicted octanol–water partition coefficient (Wildman–Crippen LogP) is 3.89. The maximum atomic E-state index is 11.9. The maximum Gasteiger partial charge on any atom is 0.277 e. The van der Waals surface area contributed by atoms with E-state index < -0.39 is 5.91 Å². The Morgan fingerprint density at radius 2 is 1.81 bits per heavy atom. The SMILES string of the molecule is C/C(CC(=O)Nc1ccccc1)=N\NC(=O)COc1ccc(Cl)cc1Cl. The molecule has 0 fully saturated rings. The summed E-state index contributed by atoms with van der Waals surface area (Å²) in [7, 11) is 0. The molecule has 2 aromatic carbocycles. The lowest BCUT2D eigenvalue weighted by molar-refractivity contribution is -0.123. The number of halogens is 2. The van der Waals surface area contributed by atoms with E-state index in [9.17, 15) is 9.59 Å². The number of hydrogen-bond acceptors (Lipinski definition) is 4. The Balaban J connectivity index is 1.76. The van der Waals surface area contributed by atoms with Crippen LogP contribution in [0.3, 0.4) is 0 Å². The fourth-order valence-electron chi connectivity index (χ4n) is 1.92. The van der Waals surface area contributed by atoms with E-state index in [1.807, 2.05) is 18.2 Å². The highest BCUT2D eigenvalue weighted by Crippen LogP contribution is 2.27. The van der Waals surface area contributed by atoms with Crippen molar-refractivity contribution < 1.29 is 14.3 Å². The summed E-state index contributed by atoms with van der Waals surface area (Å²) in [5.41, 5.74) is 3.48. The van der Waals surface area contributed by atoms with Crippen molar-refractivity contribution >= 4 is 46.4 Å². The summed E-state index contributed by atoms with van der Waals surface area (Å²) >= 11 is 11.7. The lowest BCUT2D eigenvalue weighted by Gasteiger charge is -2.08. The van der Waals surface area contributed by atoms with Crippen LogP contribution in [0.5, 0.6) is 5.75 Å². The van der Waals surface area contributed by atoms with Crippen LogP contribution in [0.25, 0.3) is 0 Å². The van der Waals surface area contributed by atoms with Gasteiger partial charge in [0.25, 0.3) is 5.91 Å². The van der Waals surface area contributed by atoms with Gasteiger partial charge in [-0.2, -0.15) is 5.10 Å². The third kappa shape index (κ3) is 6.74. The van der Waals surface area contributed by atoms with Gasteiger partial charge in [-0.25, -0.2) is 5.43 Å². The molecule has 0 atom stereocenters. The number of para-hydroxylation sites is 1. The zero-order chi connectivity index (χ0) is 18.9. The third-order valence-electron chi connectivity index (χ3n) is 3.10. The van der Waals surface area contributed by atoms with Gasteiger partial charge in [-0.3, -0.25) is 9.59 Å². The Labute approximate surface area is 161 Å². The summed E-state index contributed by atoms with van der Waals surface area (Å²) in [5, 5.41) is 7.39. The molecular formula is C18H17Cl2N3O3. The summed E-state index contributed by atoms with van der Waals surface area (Å²) in [6.07, 6.45) is 0.0546. The first-order valence-corrected chi connectivity index (χ1v) is 8.44. The van der Waals surface area contributed by atoms with Crippen LogP contribution in [0.4, 0.5) is 5.69 Å². The molecule has 6 nitrogen and oxygen atoms in total. The molecule has 2 N–H and O–H groups in total. The van der Waals surface area contributed by atoms with E-state index in [2.05, 4.69) is 15.8 Å². The molecule has 0 aliphatic carbocycles. The number of benzene rings is 2. The van der Waals surface area contributed by atoms with E-state index in [1.54, 1.807) is 31.2 Å². The van der Waals surface area contributed by atoms with E-state index in [1.165, 1.54) is 6.07 Å². The molecule has 136 valence electrons. The largest absolute Gasteiger partial charge is 0.482 e. The molecule has 0 radical (unpaired) electrons. The van der Waals surface area contributed by atoms with Crippen LogP contribution >= 0.6 is 23.2 Å². The fourth-order valence-corrected chi connectivity index (χ4v) is 2.39. The van der Waals surface area contributed by atoms with Gasteiger partial charge >= 0.3 is 0 Å². The first-order chi connectivity index (χ1) is 12.4. The van der Waals surface area contributed by atoms with Gasteiger partial charge in [0, 0.05) is 16.4 Å². The van der Waals surface area contributed by atoms with Crippen molar-refractivity contribution in [1.29, 1.82) is 0 Å². The molecule has 0 saturated heterocycles. The minimum atomic E-state index is -0.473. The second-order valence-electron chi connectivity index (χ2n) is 5.34. The molecule has 2 rings (SSSR count). The Bertz CT molecular complexity index is 811. The van der Waals surface area contributed by atoms with Crippen molar-refractivity contribution in [2.24, 2.45) is 5.10 Å². The highest BCUT2D eigenvalue weighted by molar-refractivity contribution is 6.35. The van der Waals surface area contributed by atoms with Crippen LogP contribution in [0.2, 0.25) is 10.0 Å². The van der Waals surface area contributed by atoms with E-state index in [-0.39, 0.29) is 18.9 Å². The van der Waals surface area contributed by atoms with Gasteiger partial charge in [-0.15, -0.1) is 0 Å². The number of ether oxygens (including phenoxy) is 1. The van der Waals surface area contributed by atoms with E-state index in [4.69, 9.17) is 27.9 Å². The molecule has 0 bridgehead atoms. The number of hydrogen-bond donors (Lipinski definition) is 2. The molecule has 0 spiro atoms. The molecule has 26 heavy (non-hydrogen) atoms. The van der Waals surface area contributed by atoms with Crippen LogP contribution < -0.4 is 15.5 Å². The average molecular weight is 394 g/mol. The Morgan fingerprint density at radius 3 is 2.50 bits per heavy atom. The molecule has 0 heterocycles. The second-order valence-corrected chi connectivity index (χ2v) is 6.18. The van der Waals surface area contributed by atoms with Crippen molar-refractivity contribution in [3.8, 4) is 5.75 Å². The number of hydrazone groups is 1. The smallest absolute Gasteiger partial charge is 0.277 e. The minimum absolute atomic E-state index is 0.0546. The molecular weight excluding hydrogens is 377 g/mol. The van der Waals surface area contributed by atoms with Crippen LogP contribution in [0.1, 0.15) is 13.3 Å². The second kappa shape index (κ2) is 9.79. The molecule has 8 heteroatoms. The van der Waals surface area contributed by atoms with Crippen LogP contribution in [-0.4, -0.2) is 24.1 Å². The zero-order valence-corrected chi connectivity index (χ0v) is 15.5. The van der Waals surface area contributed by atoms with Gasteiger partial charge in [0.05, 0.1) is 11.4 Å². The van der Waals surface area contributed by atoms with Crippen molar-refractivity contribution in [2.75, 3.05) is 11.9 Å². The molecule has 0 aliphatic heterocycles. The Kier molecular flexibility index (Phi) is 7.44. The summed E-state index contributed by atoms with van der Waals surface area (Å²) < 4.78 is 5.29. The number of amides is 2. The van der Waals surface area contributed by atoms with Crippen LogP contribution in [0.15, 0.2) is 53.6 Å². The third-order valence-corrected chi connectivity index (χ3v) is 3.63. The number of carbonyl (C=O) groups is 2. The summed E-state index contributed by atoms with van der Waals surface area (Å²) in [5.74, 6) is -0.358. The van der Waals surface area contributed by atoms with Gasteiger partial charge in [0.1, 0.15) is 5.75 Å². The van der Waals surface area contributed by atoms with Gasteiger partial charge in [0.2, 0.25) is 5.91 Å². The lowest BCUT2D eigenvalue weighted by atomic mass is 10.2. The summed E-state index contributed by atoms with van der Waals surface area (Å²) in [4.78, 5) is 23.7. The number of rotatable bonds is 7. The van der Waals surface area contributed by atoms with E-state index in [0.717, 1.165) is 0 Å². The average Bonchev–Trinajstić information content (AvgIpc) is 2.60. The van der Waals surface area contributed by atoms with Gasteiger partial charge < -0.3 is 10.1 Å². The number of anilines is 1. The summed E-state index contributed by atoms with van der Waals surface area (Å²) in [6, 6.07) is 13.8. The standard InChI is InChI=1S/C18H17Cl2N3O3/c1-12(9-17(24)21-14-5-3-2-4-6-14)22-23-18(25)11-26-16-8-7-13(19)10-15(16)20/h2-8,10H,9,11H2,1H3,(H,21,24)(H,23,25)/b22-12+. The first-order valence-electron chi connectivity index (χ1n) is 7.69. The monoisotopic (exact) mass is 393 g/mol. The van der Waals surface area contributed by atoms with Gasteiger partial charge in [-0.1, -0.05) is 41.4 Å². The molecule has 2 aromatic rings. The first kappa shape index (κ1) is 19.8. The van der Waals surface area contributed by atoms with Crippen molar-refractivity contribution in [2.45, 2.75) is 13.3 Å². The van der Waals surface area contributed by atoms with Crippen molar-refractivity contribution in [3.05, 3.63) is 58.6 Å². The van der Waals surface area contributed by atoms with Crippen molar-refractivity contribution in [1.82, 2.24) is 5.43 Å². The zero-order valence-electron chi connectivity index (χ0n) is 14.0. The Hall–Kier alpha value is -2.57. The minimum Gasteiger partial charge on any atom is -0.482 e. The lowest BCUT2D eigenvalue weighted by Crippen LogP contribution is -2.26. The molecule has 0 unspecified atom stereocenters. The summed E-state index contributed by atoms with van der Waals surface area (Å²) in [6.45, 7) is 1.37.